The maximum atomic E-state index is 9.10. The second-order valence-corrected chi connectivity index (χ2v) is 6.77. The number of aliphatic hydroxyl groups is 1. The lowest BCUT2D eigenvalue weighted by Gasteiger charge is -2.07. The van der Waals surface area contributed by atoms with Crippen molar-refractivity contribution < 1.29 is 5.11 Å². The fraction of sp³-hybridized carbons (Fsp3) is 0.526. The van der Waals surface area contributed by atoms with Gasteiger partial charge in [-0.3, -0.25) is 4.68 Å². The third-order valence-electron chi connectivity index (χ3n) is 5.13. The summed E-state index contributed by atoms with van der Waals surface area (Å²) in [6, 6.07) is 7.40. The Morgan fingerprint density at radius 2 is 2.00 bits per heavy atom. The van der Waals surface area contributed by atoms with Crippen molar-refractivity contribution in [1.29, 1.82) is 0 Å². The summed E-state index contributed by atoms with van der Waals surface area (Å²) in [5.74, 6) is 0.641. The van der Waals surface area contributed by atoms with Gasteiger partial charge in [-0.2, -0.15) is 5.10 Å². The summed E-state index contributed by atoms with van der Waals surface area (Å²) in [5.41, 5.74) is 7.69. The number of aliphatic hydroxyl groups excluding tert-OH is 1. The Balaban J connectivity index is 1.61. The van der Waals surface area contributed by atoms with E-state index in [2.05, 4.69) is 49.4 Å². The lowest BCUT2D eigenvalue weighted by atomic mass is 10.0. The van der Waals surface area contributed by atoms with Crippen LogP contribution < -0.4 is 5.32 Å². The highest BCUT2D eigenvalue weighted by molar-refractivity contribution is 5.36. The molecule has 0 bridgehead atoms. The molecule has 2 atom stereocenters. The minimum Gasteiger partial charge on any atom is -0.394 e. The Morgan fingerprint density at radius 3 is 2.70 bits per heavy atom. The molecule has 1 aliphatic rings. The van der Waals surface area contributed by atoms with E-state index in [-0.39, 0.29) is 6.61 Å². The van der Waals surface area contributed by atoms with Gasteiger partial charge in [-0.05, 0) is 50.8 Å². The van der Waals surface area contributed by atoms with Crippen LogP contribution in [-0.2, 0) is 13.1 Å². The highest BCUT2D eigenvalue weighted by atomic mass is 16.3. The van der Waals surface area contributed by atoms with Gasteiger partial charge in [-0.25, -0.2) is 0 Å². The monoisotopic (exact) mass is 313 g/mol. The van der Waals surface area contributed by atoms with E-state index < -0.39 is 0 Å². The number of aryl methyl sites for hydroxylation is 3. The number of hydrogen-bond donors (Lipinski definition) is 2. The normalized spacial score (nSPS) is 20.0. The van der Waals surface area contributed by atoms with Crippen LogP contribution in [0.25, 0.3) is 0 Å². The van der Waals surface area contributed by atoms with Crippen LogP contribution in [0.3, 0.4) is 0 Å². The molecule has 0 amide bonds. The maximum Gasteiger partial charge on any atom is 0.0644 e. The highest BCUT2D eigenvalue weighted by Crippen LogP contribution is 2.41. The molecule has 0 spiro atoms. The van der Waals surface area contributed by atoms with Gasteiger partial charge in [0.1, 0.15) is 0 Å². The topological polar surface area (TPSA) is 50.1 Å². The molecule has 1 aliphatic carbocycles. The van der Waals surface area contributed by atoms with Crippen molar-refractivity contribution in [2.45, 2.75) is 59.2 Å². The van der Waals surface area contributed by atoms with Crippen LogP contribution in [0, 0.1) is 27.7 Å². The summed E-state index contributed by atoms with van der Waals surface area (Å²) < 4.78 is 1.90. The van der Waals surface area contributed by atoms with Gasteiger partial charge in [-0.1, -0.05) is 18.2 Å². The molecule has 1 heterocycles. The summed E-state index contributed by atoms with van der Waals surface area (Å²) in [6.07, 6.45) is 1.21. The molecular weight excluding hydrogens is 286 g/mol. The van der Waals surface area contributed by atoms with E-state index in [0.29, 0.717) is 18.5 Å². The molecule has 1 saturated carbocycles. The quantitative estimate of drug-likeness (QED) is 0.862. The molecule has 23 heavy (non-hydrogen) atoms. The minimum atomic E-state index is 0.131. The number of nitrogens with zero attached hydrogens (tertiary/aromatic N) is 2. The Morgan fingerprint density at radius 1 is 1.22 bits per heavy atom. The first-order chi connectivity index (χ1) is 11.0. The van der Waals surface area contributed by atoms with Crippen LogP contribution in [-0.4, -0.2) is 27.5 Å². The lowest BCUT2D eigenvalue weighted by Crippen LogP contribution is -2.18. The van der Waals surface area contributed by atoms with Crippen molar-refractivity contribution >= 4 is 0 Å². The first kappa shape index (κ1) is 16.2. The van der Waals surface area contributed by atoms with Gasteiger partial charge in [0.05, 0.1) is 18.8 Å². The molecule has 0 saturated heterocycles. The molecule has 3 rings (SSSR count). The van der Waals surface area contributed by atoms with Gasteiger partial charge in [0.2, 0.25) is 0 Å². The smallest absolute Gasteiger partial charge is 0.0644 e. The van der Waals surface area contributed by atoms with Crippen LogP contribution in [0.5, 0.6) is 0 Å². The van der Waals surface area contributed by atoms with Gasteiger partial charge < -0.3 is 10.4 Å². The van der Waals surface area contributed by atoms with Gasteiger partial charge in [0.25, 0.3) is 0 Å². The average molecular weight is 313 g/mol. The van der Waals surface area contributed by atoms with Crippen LogP contribution in [0.15, 0.2) is 18.2 Å². The Kier molecular flexibility index (Phi) is 4.55. The SMILES string of the molecule is Cc1ccc([C@@H]2C[C@@H]2NCc2c(C)nn(CCO)c2C)cc1C. The molecule has 2 aromatic rings. The predicted molar refractivity (Wildman–Crippen MR) is 92.7 cm³/mol. The van der Waals surface area contributed by atoms with Crippen LogP contribution in [0.2, 0.25) is 0 Å². The minimum absolute atomic E-state index is 0.131. The third-order valence-corrected chi connectivity index (χ3v) is 5.13. The number of aromatic nitrogens is 2. The van der Waals surface area contributed by atoms with E-state index in [0.717, 1.165) is 17.9 Å². The Labute approximate surface area is 138 Å². The largest absolute Gasteiger partial charge is 0.394 e. The zero-order valence-corrected chi connectivity index (χ0v) is 14.6. The molecule has 0 unspecified atom stereocenters. The fourth-order valence-corrected chi connectivity index (χ4v) is 3.32. The number of benzene rings is 1. The summed E-state index contributed by atoms with van der Waals surface area (Å²) >= 11 is 0. The summed E-state index contributed by atoms with van der Waals surface area (Å²) in [7, 11) is 0. The standard InChI is InChI=1S/C19H27N3O/c1-12-5-6-16(9-13(12)2)17-10-19(17)20-11-18-14(3)21-22(7-8-23)15(18)4/h5-6,9,17,19-20,23H,7-8,10-11H2,1-4H3/t17-,19-/m0/s1. The van der Waals surface area contributed by atoms with Crippen molar-refractivity contribution in [2.24, 2.45) is 0 Å². The zero-order valence-electron chi connectivity index (χ0n) is 14.6. The van der Waals surface area contributed by atoms with Gasteiger partial charge >= 0.3 is 0 Å². The van der Waals surface area contributed by atoms with Gasteiger partial charge in [0, 0.05) is 29.8 Å². The molecule has 4 nitrogen and oxygen atoms in total. The molecule has 2 N–H and O–H groups in total. The third kappa shape index (κ3) is 3.33. The average Bonchev–Trinajstić information content (AvgIpc) is 3.23. The number of rotatable bonds is 6. The molecule has 124 valence electrons. The summed E-state index contributed by atoms with van der Waals surface area (Å²) in [5, 5.41) is 17.3. The fourth-order valence-electron chi connectivity index (χ4n) is 3.32. The van der Waals surface area contributed by atoms with E-state index in [1.165, 1.54) is 28.7 Å². The van der Waals surface area contributed by atoms with Crippen LogP contribution in [0.1, 0.15) is 46.0 Å². The molecule has 0 radical (unpaired) electrons. The molecule has 4 heteroatoms. The van der Waals surface area contributed by atoms with Crippen molar-refractivity contribution in [3.8, 4) is 0 Å². The lowest BCUT2D eigenvalue weighted by molar-refractivity contribution is 0.267. The van der Waals surface area contributed by atoms with Crippen LogP contribution in [0.4, 0.5) is 0 Å². The van der Waals surface area contributed by atoms with Crippen LogP contribution >= 0.6 is 0 Å². The highest BCUT2D eigenvalue weighted by Gasteiger charge is 2.38. The molecule has 1 fully saturated rings. The molecule has 1 aromatic carbocycles. The van der Waals surface area contributed by atoms with E-state index in [4.69, 9.17) is 5.11 Å². The van der Waals surface area contributed by atoms with Gasteiger partial charge in [0.15, 0.2) is 0 Å². The summed E-state index contributed by atoms with van der Waals surface area (Å²) in [4.78, 5) is 0. The molecule has 0 aliphatic heterocycles. The number of nitrogens with one attached hydrogen (secondary N) is 1. The maximum absolute atomic E-state index is 9.10. The van der Waals surface area contributed by atoms with Gasteiger partial charge in [-0.15, -0.1) is 0 Å². The summed E-state index contributed by atoms with van der Waals surface area (Å²) in [6.45, 7) is 10.0. The first-order valence-electron chi connectivity index (χ1n) is 8.45. The second kappa shape index (κ2) is 6.46. The van der Waals surface area contributed by atoms with Crippen molar-refractivity contribution in [3.63, 3.8) is 0 Å². The van der Waals surface area contributed by atoms with E-state index >= 15 is 0 Å². The van der Waals surface area contributed by atoms with E-state index in [9.17, 15) is 0 Å². The van der Waals surface area contributed by atoms with Crippen molar-refractivity contribution in [2.75, 3.05) is 6.61 Å². The Bertz CT molecular complexity index is 705. The zero-order chi connectivity index (χ0) is 16.6. The molecule has 1 aromatic heterocycles. The first-order valence-corrected chi connectivity index (χ1v) is 8.45. The van der Waals surface area contributed by atoms with E-state index in [1.54, 1.807) is 0 Å². The van der Waals surface area contributed by atoms with Crippen molar-refractivity contribution in [3.05, 3.63) is 51.8 Å². The number of hydrogen-bond acceptors (Lipinski definition) is 3. The van der Waals surface area contributed by atoms with Crippen molar-refractivity contribution in [1.82, 2.24) is 15.1 Å². The van der Waals surface area contributed by atoms with E-state index in [1.807, 2.05) is 11.6 Å². The molecular formula is C19H27N3O. The predicted octanol–water partition coefficient (Wildman–Crippen LogP) is 2.75. The second-order valence-electron chi connectivity index (χ2n) is 6.77. The Hall–Kier alpha value is -1.65.